The van der Waals surface area contributed by atoms with Crippen molar-refractivity contribution in [3.63, 3.8) is 0 Å². The van der Waals surface area contributed by atoms with Gasteiger partial charge in [-0.15, -0.1) is 0 Å². The first-order chi connectivity index (χ1) is 11.8. The first-order valence-electron chi connectivity index (χ1n) is 8.88. The van der Waals surface area contributed by atoms with Crippen molar-refractivity contribution >= 4 is 11.9 Å². The van der Waals surface area contributed by atoms with E-state index >= 15 is 0 Å². The number of hydrogen-bond donors (Lipinski definition) is 0. The topological polar surface area (TPSA) is 20.3 Å². The fourth-order valence-electron chi connectivity index (χ4n) is 3.94. The molecule has 2 heteroatoms. The van der Waals surface area contributed by atoms with Crippen LogP contribution in [0.5, 0.6) is 0 Å². The second-order valence-corrected chi connectivity index (χ2v) is 6.93. The zero-order valence-electron chi connectivity index (χ0n) is 13.9. The molecule has 0 N–H and O–H groups in total. The van der Waals surface area contributed by atoms with Crippen LogP contribution in [0, 0.1) is 5.92 Å². The third-order valence-electron chi connectivity index (χ3n) is 5.28. The highest BCUT2D eigenvalue weighted by Crippen LogP contribution is 2.30. The maximum absolute atomic E-state index is 12.7. The van der Waals surface area contributed by atoms with Crippen molar-refractivity contribution in [2.24, 2.45) is 5.92 Å². The molecule has 1 aliphatic carbocycles. The molecule has 2 nitrogen and oxygen atoms in total. The molecule has 1 fully saturated rings. The molecule has 1 aliphatic heterocycles. The quantitative estimate of drug-likeness (QED) is 0.794. The zero-order chi connectivity index (χ0) is 16.4. The second-order valence-electron chi connectivity index (χ2n) is 6.93. The number of hydrogen-bond acceptors (Lipinski definition) is 2. The average Bonchev–Trinajstić information content (AvgIpc) is 2.96. The Balaban J connectivity index is 1.42. The summed E-state index contributed by atoms with van der Waals surface area (Å²) in [5, 5.41) is 0. The van der Waals surface area contributed by atoms with Gasteiger partial charge in [0.15, 0.2) is 5.78 Å². The summed E-state index contributed by atoms with van der Waals surface area (Å²) in [6, 6.07) is 18.9. The highest BCUT2D eigenvalue weighted by atomic mass is 16.1. The van der Waals surface area contributed by atoms with Gasteiger partial charge in [0.05, 0.1) is 0 Å². The molecule has 4 rings (SSSR count). The van der Waals surface area contributed by atoms with Gasteiger partial charge in [0.25, 0.3) is 0 Å². The van der Waals surface area contributed by atoms with Crippen LogP contribution in [0.3, 0.4) is 0 Å². The molecule has 0 spiro atoms. The minimum absolute atomic E-state index is 0.172. The summed E-state index contributed by atoms with van der Waals surface area (Å²) >= 11 is 0. The molecule has 0 aromatic heterocycles. The molecule has 0 amide bonds. The van der Waals surface area contributed by atoms with Crippen LogP contribution in [0.1, 0.15) is 29.5 Å². The fraction of sp³-hybridized carbons (Fsp3) is 0.318. The van der Waals surface area contributed by atoms with Crippen LogP contribution in [0.15, 0.2) is 60.2 Å². The molecule has 1 atom stereocenters. The Morgan fingerprint density at radius 3 is 2.54 bits per heavy atom. The normalized spacial score (nSPS) is 22.8. The number of fused-ring (bicyclic) bond motifs is 1. The molecule has 1 unspecified atom stereocenters. The van der Waals surface area contributed by atoms with Gasteiger partial charge in [0.1, 0.15) is 0 Å². The summed E-state index contributed by atoms with van der Waals surface area (Å²) in [5.41, 5.74) is 5.03. The van der Waals surface area contributed by atoms with Gasteiger partial charge in [-0.1, -0.05) is 54.6 Å². The Morgan fingerprint density at radius 1 is 0.958 bits per heavy atom. The van der Waals surface area contributed by atoms with Crippen LogP contribution in [-0.4, -0.2) is 23.8 Å². The van der Waals surface area contributed by atoms with Gasteiger partial charge in [-0.05, 0) is 47.6 Å². The third-order valence-corrected chi connectivity index (χ3v) is 5.28. The molecular weight excluding hydrogens is 294 g/mol. The summed E-state index contributed by atoms with van der Waals surface area (Å²) in [6.45, 7) is 2.95. The smallest absolute Gasteiger partial charge is 0.163 e. The molecule has 2 aromatic carbocycles. The molecule has 0 bridgehead atoms. The number of allylic oxidation sites excluding steroid dienone is 1. The number of benzene rings is 2. The Labute approximate surface area is 143 Å². The number of carbonyl (C=O) groups is 1. The van der Waals surface area contributed by atoms with Crippen molar-refractivity contribution in [1.82, 2.24) is 4.90 Å². The number of rotatable bonds is 3. The first-order valence-corrected chi connectivity index (χ1v) is 8.88. The number of Topliss-reactive ketones (excluding diaryl/α,β-unsaturated/α-hetero) is 1. The molecule has 24 heavy (non-hydrogen) atoms. The van der Waals surface area contributed by atoms with Crippen molar-refractivity contribution in [2.75, 3.05) is 13.1 Å². The number of carbonyl (C=O) groups excluding carboxylic acids is 1. The molecule has 122 valence electrons. The summed E-state index contributed by atoms with van der Waals surface area (Å²) in [5.74, 6) is 0.530. The predicted octanol–water partition coefficient (Wildman–Crippen LogP) is 4.11. The lowest BCUT2D eigenvalue weighted by Crippen LogP contribution is -2.35. The van der Waals surface area contributed by atoms with Crippen LogP contribution in [0.4, 0.5) is 0 Å². The largest absolute Gasteiger partial charge is 0.298 e. The molecule has 0 saturated heterocycles. The van der Waals surface area contributed by atoms with Crippen LogP contribution in [0.2, 0.25) is 0 Å². The molecular formula is C22H23NO. The first kappa shape index (κ1) is 15.3. The average molecular weight is 317 g/mol. The van der Waals surface area contributed by atoms with E-state index in [0.717, 1.165) is 50.0 Å². The van der Waals surface area contributed by atoms with Gasteiger partial charge in [0.2, 0.25) is 0 Å². The lowest BCUT2D eigenvalue weighted by atomic mass is 9.98. The fourth-order valence-corrected chi connectivity index (χ4v) is 3.94. The van der Waals surface area contributed by atoms with Crippen LogP contribution < -0.4 is 0 Å². The van der Waals surface area contributed by atoms with Gasteiger partial charge in [0, 0.05) is 25.6 Å². The van der Waals surface area contributed by atoms with Crippen molar-refractivity contribution in [3.05, 3.63) is 76.9 Å². The van der Waals surface area contributed by atoms with E-state index in [0.29, 0.717) is 5.78 Å². The van der Waals surface area contributed by atoms with Crippen molar-refractivity contribution < 1.29 is 4.79 Å². The molecule has 1 saturated carbocycles. The maximum Gasteiger partial charge on any atom is 0.163 e. The highest BCUT2D eigenvalue weighted by molar-refractivity contribution is 6.03. The number of nitrogens with zero attached hydrogens (tertiary/aromatic N) is 1. The van der Waals surface area contributed by atoms with Crippen molar-refractivity contribution in [1.29, 1.82) is 0 Å². The lowest BCUT2D eigenvalue weighted by molar-refractivity contribution is -0.118. The van der Waals surface area contributed by atoms with Crippen LogP contribution >= 0.6 is 0 Å². The minimum Gasteiger partial charge on any atom is -0.298 e. The lowest BCUT2D eigenvalue weighted by Gasteiger charge is -2.30. The molecule has 0 radical (unpaired) electrons. The molecule has 2 aliphatic rings. The zero-order valence-corrected chi connectivity index (χ0v) is 13.9. The molecule has 1 heterocycles. The Morgan fingerprint density at radius 2 is 1.71 bits per heavy atom. The summed E-state index contributed by atoms with van der Waals surface area (Å²) in [6.07, 6.45) is 5.09. The van der Waals surface area contributed by atoms with Crippen molar-refractivity contribution in [2.45, 2.75) is 25.8 Å². The summed E-state index contributed by atoms with van der Waals surface area (Å²) in [4.78, 5) is 15.2. The SMILES string of the molecule is O=C1/C(=C/c2ccccc2)CCC1CN1CCc2ccccc2C1. The third kappa shape index (κ3) is 3.20. The van der Waals surface area contributed by atoms with E-state index in [1.165, 1.54) is 11.1 Å². The van der Waals surface area contributed by atoms with Gasteiger partial charge >= 0.3 is 0 Å². The Bertz CT molecular complexity index is 763. The summed E-state index contributed by atoms with van der Waals surface area (Å²) < 4.78 is 0. The van der Waals surface area contributed by atoms with E-state index in [1.807, 2.05) is 18.2 Å². The van der Waals surface area contributed by atoms with E-state index in [4.69, 9.17) is 0 Å². The van der Waals surface area contributed by atoms with E-state index in [1.54, 1.807) is 0 Å². The second kappa shape index (κ2) is 6.74. The van der Waals surface area contributed by atoms with Crippen LogP contribution in [0.25, 0.3) is 6.08 Å². The van der Waals surface area contributed by atoms with Gasteiger partial charge < -0.3 is 0 Å². The van der Waals surface area contributed by atoms with E-state index in [2.05, 4.69) is 47.4 Å². The maximum atomic E-state index is 12.7. The Kier molecular flexibility index (Phi) is 4.31. The monoisotopic (exact) mass is 317 g/mol. The van der Waals surface area contributed by atoms with E-state index in [9.17, 15) is 4.79 Å². The number of ketones is 1. The van der Waals surface area contributed by atoms with Gasteiger partial charge in [-0.2, -0.15) is 0 Å². The highest BCUT2D eigenvalue weighted by Gasteiger charge is 2.31. The van der Waals surface area contributed by atoms with Gasteiger partial charge in [-0.25, -0.2) is 0 Å². The van der Waals surface area contributed by atoms with Crippen molar-refractivity contribution in [3.8, 4) is 0 Å². The predicted molar refractivity (Wildman–Crippen MR) is 97.6 cm³/mol. The van der Waals surface area contributed by atoms with E-state index in [-0.39, 0.29) is 5.92 Å². The van der Waals surface area contributed by atoms with Crippen LogP contribution in [-0.2, 0) is 17.8 Å². The molecule has 2 aromatic rings. The summed E-state index contributed by atoms with van der Waals surface area (Å²) in [7, 11) is 0. The minimum atomic E-state index is 0.172. The standard InChI is InChI=1S/C22H23NO/c24-22-19(14-17-6-2-1-3-7-17)10-11-21(22)16-23-13-12-18-8-4-5-9-20(18)15-23/h1-9,14,21H,10-13,15-16H2/b19-14+. The Hall–Kier alpha value is -2.19. The van der Waals surface area contributed by atoms with Gasteiger partial charge in [-0.3, -0.25) is 9.69 Å². The van der Waals surface area contributed by atoms with E-state index < -0.39 is 0 Å².